The van der Waals surface area contributed by atoms with Gasteiger partial charge in [-0.2, -0.15) is 0 Å². The fourth-order valence-corrected chi connectivity index (χ4v) is 3.63. The van der Waals surface area contributed by atoms with Crippen LogP contribution in [0, 0.1) is 5.92 Å². The molecule has 100 valence electrons. The topological polar surface area (TPSA) is 18.5 Å². The Bertz CT molecular complexity index is 386. The highest BCUT2D eigenvalue weighted by molar-refractivity contribution is 9.09. The average Bonchev–Trinajstić information content (AvgIpc) is 2.46. The van der Waals surface area contributed by atoms with E-state index in [0.717, 1.165) is 17.4 Å². The third kappa shape index (κ3) is 3.00. The number of benzene rings is 1. The van der Waals surface area contributed by atoms with Crippen LogP contribution in [-0.4, -0.2) is 14.2 Å². The van der Waals surface area contributed by atoms with E-state index in [-0.39, 0.29) is 0 Å². The molecule has 18 heavy (non-hydrogen) atoms. The van der Waals surface area contributed by atoms with Crippen LogP contribution in [0.2, 0.25) is 0 Å². The first kappa shape index (κ1) is 13.7. The smallest absolute Gasteiger partial charge is 0.126 e. The Balaban J connectivity index is 2.20. The van der Waals surface area contributed by atoms with Crippen LogP contribution in [-0.2, 0) is 0 Å². The predicted octanol–water partition coefficient (Wildman–Crippen LogP) is 4.72. The number of hydrogen-bond acceptors (Lipinski definition) is 2. The van der Waals surface area contributed by atoms with Gasteiger partial charge in [0.2, 0.25) is 0 Å². The molecule has 1 saturated carbocycles. The summed E-state index contributed by atoms with van der Waals surface area (Å²) in [4.78, 5) is 0.388. The molecule has 0 aromatic heterocycles. The van der Waals surface area contributed by atoms with E-state index in [2.05, 4.69) is 22.0 Å². The molecule has 2 nitrogen and oxygen atoms in total. The molecule has 0 spiro atoms. The van der Waals surface area contributed by atoms with Crippen molar-refractivity contribution in [1.29, 1.82) is 0 Å². The molecule has 1 aliphatic rings. The van der Waals surface area contributed by atoms with Crippen molar-refractivity contribution in [3.8, 4) is 11.5 Å². The molecule has 0 heterocycles. The molecule has 1 atom stereocenters. The molecule has 1 aromatic carbocycles. The Morgan fingerprint density at radius 3 is 2.44 bits per heavy atom. The van der Waals surface area contributed by atoms with Crippen molar-refractivity contribution in [2.24, 2.45) is 5.92 Å². The molecule has 3 heteroatoms. The van der Waals surface area contributed by atoms with Gasteiger partial charge in [0, 0.05) is 16.5 Å². The summed E-state index contributed by atoms with van der Waals surface area (Å²) in [6, 6.07) is 6.09. The first-order valence-corrected chi connectivity index (χ1v) is 7.54. The molecule has 1 aliphatic carbocycles. The van der Waals surface area contributed by atoms with Crippen molar-refractivity contribution >= 4 is 15.9 Å². The Hall–Kier alpha value is -0.700. The van der Waals surface area contributed by atoms with Gasteiger partial charge in [-0.05, 0) is 24.8 Å². The van der Waals surface area contributed by atoms with Gasteiger partial charge in [-0.3, -0.25) is 0 Å². The summed E-state index contributed by atoms with van der Waals surface area (Å²) in [6.45, 7) is 0. The number of ether oxygens (including phenoxy) is 2. The highest BCUT2D eigenvalue weighted by Gasteiger charge is 2.25. The first-order chi connectivity index (χ1) is 8.76. The van der Waals surface area contributed by atoms with E-state index < -0.39 is 0 Å². The molecular weight excluding hydrogens is 292 g/mol. The zero-order valence-electron chi connectivity index (χ0n) is 11.1. The lowest BCUT2D eigenvalue weighted by atomic mass is 9.84. The number of rotatable bonds is 4. The van der Waals surface area contributed by atoms with E-state index in [1.165, 1.54) is 37.7 Å². The van der Waals surface area contributed by atoms with Gasteiger partial charge in [-0.1, -0.05) is 41.3 Å². The highest BCUT2D eigenvalue weighted by atomic mass is 79.9. The molecule has 1 unspecified atom stereocenters. The molecule has 0 bridgehead atoms. The summed E-state index contributed by atoms with van der Waals surface area (Å²) in [6.07, 6.45) is 6.71. The summed E-state index contributed by atoms with van der Waals surface area (Å²) < 4.78 is 10.7. The summed E-state index contributed by atoms with van der Waals surface area (Å²) in [5.74, 6) is 2.49. The molecule has 1 aromatic rings. The first-order valence-electron chi connectivity index (χ1n) is 6.62. The van der Waals surface area contributed by atoms with Crippen LogP contribution in [0.4, 0.5) is 0 Å². The molecule has 0 aliphatic heterocycles. The van der Waals surface area contributed by atoms with E-state index in [1.807, 2.05) is 12.1 Å². The average molecular weight is 313 g/mol. The minimum Gasteiger partial charge on any atom is -0.497 e. The Morgan fingerprint density at radius 2 is 1.83 bits per heavy atom. The molecule has 2 rings (SSSR count). The summed E-state index contributed by atoms with van der Waals surface area (Å²) in [5.41, 5.74) is 1.24. The van der Waals surface area contributed by atoms with Crippen molar-refractivity contribution in [2.75, 3.05) is 14.2 Å². The van der Waals surface area contributed by atoms with Gasteiger partial charge in [-0.15, -0.1) is 0 Å². The normalized spacial score (nSPS) is 18.4. The lowest BCUT2D eigenvalue weighted by molar-refractivity contribution is 0.344. The van der Waals surface area contributed by atoms with Crippen LogP contribution in [0.1, 0.15) is 42.5 Å². The third-order valence-electron chi connectivity index (χ3n) is 3.80. The summed E-state index contributed by atoms with van der Waals surface area (Å²) in [7, 11) is 3.40. The van der Waals surface area contributed by atoms with Crippen LogP contribution in [0.25, 0.3) is 0 Å². The van der Waals surface area contributed by atoms with Crippen LogP contribution in [0.15, 0.2) is 18.2 Å². The SMILES string of the molecule is COc1ccc(C(Br)C2CCCCC2)c(OC)c1. The molecule has 1 fully saturated rings. The van der Waals surface area contributed by atoms with Gasteiger partial charge in [-0.25, -0.2) is 0 Å². The number of methoxy groups -OCH3 is 2. The zero-order chi connectivity index (χ0) is 13.0. The molecule has 0 N–H and O–H groups in total. The number of hydrogen-bond donors (Lipinski definition) is 0. The molecule has 0 radical (unpaired) electrons. The number of halogens is 1. The van der Waals surface area contributed by atoms with Crippen LogP contribution in [0.5, 0.6) is 11.5 Å². The summed E-state index contributed by atoms with van der Waals surface area (Å²) >= 11 is 3.86. The second kappa shape index (κ2) is 6.46. The van der Waals surface area contributed by atoms with Gasteiger partial charge < -0.3 is 9.47 Å². The minimum atomic E-state index is 0.388. The van der Waals surface area contributed by atoms with Gasteiger partial charge in [0.25, 0.3) is 0 Å². The standard InChI is InChI=1S/C15H21BrO2/c1-17-12-8-9-13(14(10-12)18-2)15(16)11-6-4-3-5-7-11/h8-11,15H,3-7H2,1-2H3. The van der Waals surface area contributed by atoms with Gasteiger partial charge in [0.1, 0.15) is 11.5 Å². The van der Waals surface area contributed by atoms with E-state index in [9.17, 15) is 0 Å². The molecule has 0 saturated heterocycles. The second-order valence-corrected chi connectivity index (χ2v) is 5.89. The van der Waals surface area contributed by atoms with Crippen molar-refractivity contribution in [3.63, 3.8) is 0 Å². The predicted molar refractivity (Wildman–Crippen MR) is 77.8 cm³/mol. The Morgan fingerprint density at radius 1 is 1.11 bits per heavy atom. The summed E-state index contributed by atoms with van der Waals surface area (Å²) in [5, 5.41) is 0. The van der Waals surface area contributed by atoms with Gasteiger partial charge in [0.05, 0.1) is 14.2 Å². The van der Waals surface area contributed by atoms with Crippen LogP contribution >= 0.6 is 15.9 Å². The quantitative estimate of drug-likeness (QED) is 0.749. The van der Waals surface area contributed by atoms with Gasteiger partial charge >= 0.3 is 0 Å². The van der Waals surface area contributed by atoms with Crippen molar-refractivity contribution in [3.05, 3.63) is 23.8 Å². The van der Waals surface area contributed by atoms with Gasteiger partial charge in [0.15, 0.2) is 0 Å². The third-order valence-corrected chi connectivity index (χ3v) is 5.04. The van der Waals surface area contributed by atoms with Crippen LogP contribution < -0.4 is 9.47 Å². The van der Waals surface area contributed by atoms with E-state index in [0.29, 0.717) is 4.83 Å². The van der Waals surface area contributed by atoms with Crippen molar-refractivity contribution in [2.45, 2.75) is 36.9 Å². The minimum absolute atomic E-state index is 0.388. The van der Waals surface area contributed by atoms with E-state index >= 15 is 0 Å². The fraction of sp³-hybridized carbons (Fsp3) is 0.600. The maximum absolute atomic E-state index is 5.49. The zero-order valence-corrected chi connectivity index (χ0v) is 12.7. The fourth-order valence-electron chi connectivity index (χ4n) is 2.73. The highest BCUT2D eigenvalue weighted by Crippen LogP contribution is 2.43. The van der Waals surface area contributed by atoms with E-state index in [1.54, 1.807) is 14.2 Å². The van der Waals surface area contributed by atoms with Crippen LogP contribution in [0.3, 0.4) is 0 Å². The maximum atomic E-state index is 5.49. The van der Waals surface area contributed by atoms with Crippen molar-refractivity contribution < 1.29 is 9.47 Å². The Labute approximate surface area is 118 Å². The maximum Gasteiger partial charge on any atom is 0.126 e. The number of alkyl halides is 1. The van der Waals surface area contributed by atoms with Crippen molar-refractivity contribution in [1.82, 2.24) is 0 Å². The lowest BCUT2D eigenvalue weighted by Crippen LogP contribution is -2.12. The monoisotopic (exact) mass is 312 g/mol. The van der Waals surface area contributed by atoms with E-state index in [4.69, 9.17) is 9.47 Å². The second-order valence-electron chi connectivity index (χ2n) is 4.91. The Kier molecular flexibility index (Phi) is 4.93. The lowest BCUT2D eigenvalue weighted by Gasteiger charge is -2.27. The largest absolute Gasteiger partial charge is 0.497 e. The molecular formula is C15H21BrO2. The molecule has 0 amide bonds.